The van der Waals surface area contributed by atoms with Crippen molar-refractivity contribution >= 4 is 0 Å². The van der Waals surface area contributed by atoms with Crippen molar-refractivity contribution in [2.24, 2.45) is 0 Å². The molecule has 0 unspecified atom stereocenters. The third-order valence-electron chi connectivity index (χ3n) is 9.93. The molecule has 0 aliphatic carbocycles. The highest BCUT2D eigenvalue weighted by molar-refractivity contribution is 4.67. The molecule has 0 amide bonds. The Hall–Kier alpha value is -0.440. The third-order valence-corrected chi connectivity index (χ3v) is 9.93. The fourth-order valence-corrected chi connectivity index (χ4v) is 5.52. The first-order valence-corrected chi connectivity index (χ1v) is 18.4. The van der Waals surface area contributed by atoms with Crippen LogP contribution in [0.1, 0.15) is 12.8 Å². The van der Waals surface area contributed by atoms with E-state index >= 15 is 0 Å². The van der Waals surface area contributed by atoms with E-state index in [0.29, 0.717) is 0 Å². The van der Waals surface area contributed by atoms with Gasteiger partial charge in [-0.2, -0.15) is 0 Å². The quantitative estimate of drug-likeness (QED) is 0.355. The van der Waals surface area contributed by atoms with Crippen LogP contribution in [-0.2, 0) is 0 Å². The normalized spacial score (nSPS) is 26.2. The van der Waals surface area contributed by atoms with Crippen LogP contribution in [0, 0.1) is 0 Å². The van der Waals surface area contributed by atoms with Crippen molar-refractivity contribution in [2.45, 2.75) is 12.8 Å². The maximum Gasteiger partial charge on any atom is 0.0107 e. The van der Waals surface area contributed by atoms with Gasteiger partial charge in [0.15, 0.2) is 0 Å². The van der Waals surface area contributed by atoms with Gasteiger partial charge in [-0.05, 0) is 117 Å². The van der Waals surface area contributed by atoms with Gasteiger partial charge in [-0.15, -0.1) is 0 Å². The lowest BCUT2D eigenvalue weighted by Crippen LogP contribution is -2.42. The summed E-state index contributed by atoms with van der Waals surface area (Å²) < 4.78 is 0. The molecular formula is C35H81N11. The molecule has 3 aliphatic heterocycles. The molecule has 0 aromatic heterocycles. The molecule has 0 N–H and O–H groups in total. The van der Waals surface area contributed by atoms with E-state index in [1.165, 1.54) is 157 Å². The first-order valence-electron chi connectivity index (χ1n) is 18.4. The van der Waals surface area contributed by atoms with Crippen molar-refractivity contribution in [3.63, 3.8) is 0 Å². The maximum absolute atomic E-state index is 2.46. The largest absolute Gasteiger partial charge is 0.305 e. The summed E-state index contributed by atoms with van der Waals surface area (Å²) in [5.74, 6) is 0. The molecule has 0 atom stereocenters. The Morgan fingerprint density at radius 1 is 0.152 bits per heavy atom. The van der Waals surface area contributed by atoms with Crippen LogP contribution in [0.3, 0.4) is 0 Å². The molecule has 0 saturated carbocycles. The van der Waals surface area contributed by atoms with E-state index in [2.05, 4.69) is 131 Å². The number of hydrogen-bond donors (Lipinski definition) is 0. The third kappa shape index (κ3) is 24.7. The Kier molecular flexibility index (Phi) is 25.0. The molecule has 46 heavy (non-hydrogen) atoms. The van der Waals surface area contributed by atoms with Gasteiger partial charge < -0.3 is 53.9 Å². The SMILES string of the molecule is CN1CCCN(C)CCN(C)CCCN(C)CC1.CN1CCN(C)CCN(C)CC1.CN1CCN(C)CCN(C)CCN(C)CC1. The summed E-state index contributed by atoms with van der Waals surface area (Å²) in [7, 11) is 24.5. The fraction of sp³-hybridized carbons (Fsp3) is 1.00. The monoisotopic (exact) mass is 656 g/mol. The van der Waals surface area contributed by atoms with Gasteiger partial charge in [0.25, 0.3) is 0 Å². The zero-order chi connectivity index (χ0) is 34.3. The minimum absolute atomic E-state index is 1.17. The Labute approximate surface area is 287 Å². The average molecular weight is 656 g/mol. The Morgan fingerprint density at radius 3 is 0.348 bits per heavy atom. The van der Waals surface area contributed by atoms with Crippen molar-refractivity contribution in [3.05, 3.63) is 0 Å². The van der Waals surface area contributed by atoms with Crippen molar-refractivity contribution < 1.29 is 0 Å². The summed E-state index contributed by atoms with van der Waals surface area (Å²) in [5.41, 5.74) is 0. The molecule has 3 heterocycles. The van der Waals surface area contributed by atoms with Crippen LogP contribution in [0.5, 0.6) is 0 Å². The summed E-state index contributed by atoms with van der Waals surface area (Å²) in [6, 6.07) is 0. The second kappa shape index (κ2) is 26.4. The molecule has 3 fully saturated rings. The van der Waals surface area contributed by atoms with E-state index < -0.39 is 0 Å². The lowest BCUT2D eigenvalue weighted by molar-refractivity contribution is 0.181. The summed E-state index contributed by atoms with van der Waals surface area (Å²) >= 11 is 0. The van der Waals surface area contributed by atoms with Crippen LogP contribution >= 0.6 is 0 Å². The van der Waals surface area contributed by atoms with Gasteiger partial charge in [0.05, 0.1) is 0 Å². The van der Waals surface area contributed by atoms with Crippen LogP contribution in [0.25, 0.3) is 0 Å². The highest BCUT2D eigenvalue weighted by Gasteiger charge is 2.10. The smallest absolute Gasteiger partial charge is 0.0107 e. The van der Waals surface area contributed by atoms with E-state index in [9.17, 15) is 0 Å². The van der Waals surface area contributed by atoms with E-state index in [-0.39, 0.29) is 0 Å². The molecule has 11 heteroatoms. The summed E-state index contributed by atoms with van der Waals surface area (Å²) in [4.78, 5) is 26.8. The van der Waals surface area contributed by atoms with Gasteiger partial charge in [0.2, 0.25) is 0 Å². The lowest BCUT2D eigenvalue weighted by atomic mass is 10.3. The summed E-state index contributed by atoms with van der Waals surface area (Å²) in [5, 5.41) is 0. The molecule has 11 nitrogen and oxygen atoms in total. The average Bonchev–Trinajstić information content (AvgIpc) is 3.09. The molecule has 0 spiro atoms. The first kappa shape index (κ1) is 43.6. The van der Waals surface area contributed by atoms with Crippen molar-refractivity contribution in [2.75, 3.05) is 222 Å². The van der Waals surface area contributed by atoms with Crippen molar-refractivity contribution in [1.82, 2.24) is 53.9 Å². The zero-order valence-corrected chi connectivity index (χ0v) is 32.9. The second-order valence-corrected chi connectivity index (χ2v) is 15.0. The van der Waals surface area contributed by atoms with Gasteiger partial charge in [0, 0.05) is 118 Å². The lowest BCUT2D eigenvalue weighted by Gasteiger charge is -2.28. The highest BCUT2D eigenvalue weighted by Crippen LogP contribution is 1.98. The van der Waals surface area contributed by atoms with E-state index in [4.69, 9.17) is 0 Å². The van der Waals surface area contributed by atoms with E-state index in [1.807, 2.05) is 0 Å². The number of nitrogens with zero attached hydrogens (tertiary/aromatic N) is 11. The number of rotatable bonds is 0. The first-order chi connectivity index (χ1) is 21.8. The molecule has 3 saturated heterocycles. The van der Waals surface area contributed by atoms with Crippen LogP contribution in [0.2, 0.25) is 0 Å². The Morgan fingerprint density at radius 2 is 0.239 bits per heavy atom. The van der Waals surface area contributed by atoms with Gasteiger partial charge >= 0.3 is 0 Å². The van der Waals surface area contributed by atoms with Gasteiger partial charge in [0.1, 0.15) is 0 Å². The molecule has 0 bridgehead atoms. The number of likely N-dealkylation sites (N-methyl/N-ethyl adjacent to an activating group) is 11. The zero-order valence-electron chi connectivity index (χ0n) is 32.9. The van der Waals surface area contributed by atoms with Crippen LogP contribution in [0.4, 0.5) is 0 Å². The summed E-state index contributed by atoms with van der Waals surface area (Å²) in [6.07, 6.45) is 2.56. The van der Waals surface area contributed by atoms with Crippen LogP contribution in [-0.4, -0.2) is 275 Å². The van der Waals surface area contributed by atoms with Gasteiger partial charge in [-0.3, -0.25) is 0 Å². The maximum atomic E-state index is 2.46. The van der Waals surface area contributed by atoms with Crippen molar-refractivity contribution in [1.29, 1.82) is 0 Å². The Bertz CT molecular complexity index is 568. The summed E-state index contributed by atoms with van der Waals surface area (Å²) in [6.45, 7) is 26.2. The predicted octanol–water partition coefficient (Wildman–Crippen LogP) is 0.0300. The molecule has 276 valence electrons. The van der Waals surface area contributed by atoms with E-state index in [0.717, 1.165) is 0 Å². The van der Waals surface area contributed by atoms with Crippen molar-refractivity contribution in [3.8, 4) is 0 Å². The molecule has 0 radical (unpaired) electrons. The molecule has 0 aromatic rings. The standard InChI is InChI=1S/C14H32N4.C12H28N4.C9H21N3/c1-15-7-5-8-17(3)13-14-18(4)10-6-9-16(2)12-11-15;1-13-5-7-14(2)9-11-16(4)12-10-15(3)8-6-13;1-10-4-6-11(2)8-9-12(3)7-5-10/h5-14H2,1-4H3;5-12H2,1-4H3;4-9H2,1-3H3. The molecule has 0 aromatic carbocycles. The molecule has 3 aliphatic rings. The minimum Gasteiger partial charge on any atom is -0.305 e. The fourth-order valence-electron chi connectivity index (χ4n) is 5.52. The van der Waals surface area contributed by atoms with Crippen LogP contribution in [0.15, 0.2) is 0 Å². The minimum atomic E-state index is 1.17. The molecule has 3 rings (SSSR count). The second-order valence-electron chi connectivity index (χ2n) is 15.0. The highest BCUT2D eigenvalue weighted by atomic mass is 15.2. The van der Waals surface area contributed by atoms with E-state index in [1.54, 1.807) is 0 Å². The molecular weight excluding hydrogens is 574 g/mol. The topological polar surface area (TPSA) is 35.6 Å². The Balaban J connectivity index is 0.000000352. The van der Waals surface area contributed by atoms with Gasteiger partial charge in [-0.25, -0.2) is 0 Å². The number of hydrogen-bond acceptors (Lipinski definition) is 11. The van der Waals surface area contributed by atoms with Gasteiger partial charge in [-0.1, -0.05) is 0 Å². The van der Waals surface area contributed by atoms with Crippen LogP contribution < -0.4 is 0 Å². The predicted molar refractivity (Wildman–Crippen MR) is 202 cm³/mol.